The fourth-order valence-electron chi connectivity index (χ4n) is 2.55. The maximum atomic E-state index is 12.0. The van der Waals surface area contributed by atoms with E-state index in [2.05, 4.69) is 12.2 Å². The molecule has 1 N–H and O–H groups in total. The third-order valence-electron chi connectivity index (χ3n) is 3.67. The van der Waals surface area contributed by atoms with Gasteiger partial charge in [-0.25, -0.2) is 0 Å². The first-order valence-electron chi connectivity index (χ1n) is 7.28. The zero-order valence-corrected chi connectivity index (χ0v) is 12.0. The Morgan fingerprint density at radius 2 is 2.05 bits per heavy atom. The maximum Gasteiger partial charge on any atom is 0.251 e. The Morgan fingerprint density at radius 3 is 2.75 bits per heavy atom. The zero-order chi connectivity index (χ0) is 14.4. The summed E-state index contributed by atoms with van der Waals surface area (Å²) in [5.41, 5.74) is 0.631. The van der Waals surface area contributed by atoms with Crippen LogP contribution in [0.1, 0.15) is 36.5 Å². The van der Waals surface area contributed by atoms with E-state index in [-0.39, 0.29) is 11.8 Å². The second kappa shape index (κ2) is 7.08. The molecule has 1 aliphatic heterocycles. The summed E-state index contributed by atoms with van der Waals surface area (Å²) in [5, 5.41) is 2.79. The summed E-state index contributed by atoms with van der Waals surface area (Å²) in [6.45, 7) is 4.29. The van der Waals surface area contributed by atoms with Gasteiger partial charge in [0.15, 0.2) is 0 Å². The van der Waals surface area contributed by atoms with Crippen LogP contribution in [0.3, 0.4) is 0 Å². The van der Waals surface area contributed by atoms with Crippen molar-refractivity contribution >= 4 is 11.8 Å². The Kier molecular flexibility index (Phi) is 5.16. The van der Waals surface area contributed by atoms with Crippen LogP contribution in [-0.4, -0.2) is 36.3 Å². The third kappa shape index (κ3) is 4.08. The maximum absolute atomic E-state index is 12.0. The Hall–Kier alpha value is -1.84. The molecule has 1 aliphatic rings. The van der Waals surface area contributed by atoms with Crippen LogP contribution in [0.5, 0.6) is 0 Å². The average Bonchev–Trinajstić information content (AvgIpc) is 2.48. The van der Waals surface area contributed by atoms with E-state index in [0.717, 1.165) is 19.5 Å². The molecule has 108 valence electrons. The highest BCUT2D eigenvalue weighted by Crippen LogP contribution is 2.15. The largest absolute Gasteiger partial charge is 0.352 e. The van der Waals surface area contributed by atoms with Crippen molar-refractivity contribution in [3.63, 3.8) is 0 Å². The van der Waals surface area contributed by atoms with Gasteiger partial charge in [-0.15, -0.1) is 0 Å². The third-order valence-corrected chi connectivity index (χ3v) is 3.67. The van der Waals surface area contributed by atoms with Crippen molar-refractivity contribution in [2.24, 2.45) is 5.92 Å². The lowest BCUT2D eigenvalue weighted by Gasteiger charge is -2.31. The summed E-state index contributed by atoms with van der Waals surface area (Å²) in [5.74, 6) is 0.613. The van der Waals surface area contributed by atoms with E-state index in [1.54, 1.807) is 12.1 Å². The lowest BCUT2D eigenvalue weighted by Crippen LogP contribution is -2.40. The Bertz CT molecular complexity index is 459. The van der Waals surface area contributed by atoms with Crippen molar-refractivity contribution in [1.29, 1.82) is 0 Å². The highest BCUT2D eigenvalue weighted by atomic mass is 16.2. The molecule has 0 saturated carbocycles. The van der Waals surface area contributed by atoms with Gasteiger partial charge in [-0.2, -0.15) is 0 Å². The summed E-state index contributed by atoms with van der Waals surface area (Å²) in [7, 11) is 0. The first kappa shape index (κ1) is 14.6. The molecule has 2 amide bonds. The number of benzene rings is 1. The molecule has 1 saturated heterocycles. The topological polar surface area (TPSA) is 49.4 Å². The van der Waals surface area contributed by atoms with Gasteiger partial charge in [0.25, 0.3) is 5.91 Å². The van der Waals surface area contributed by atoms with Gasteiger partial charge >= 0.3 is 0 Å². The van der Waals surface area contributed by atoms with Crippen molar-refractivity contribution in [1.82, 2.24) is 10.2 Å². The van der Waals surface area contributed by atoms with Gasteiger partial charge in [0, 0.05) is 31.6 Å². The number of nitrogens with zero attached hydrogens (tertiary/aromatic N) is 1. The van der Waals surface area contributed by atoms with Gasteiger partial charge in [-0.3, -0.25) is 9.59 Å². The van der Waals surface area contributed by atoms with Crippen LogP contribution in [0.25, 0.3) is 0 Å². The van der Waals surface area contributed by atoms with Gasteiger partial charge in [-0.1, -0.05) is 25.1 Å². The minimum absolute atomic E-state index is 0.120. The van der Waals surface area contributed by atoms with E-state index in [9.17, 15) is 9.59 Å². The number of hydrogen-bond acceptors (Lipinski definition) is 2. The van der Waals surface area contributed by atoms with Crippen LogP contribution in [0.4, 0.5) is 0 Å². The number of carbonyl (C=O) groups excluding carboxylic acids is 2. The summed E-state index contributed by atoms with van der Waals surface area (Å²) in [6.07, 6.45) is 2.67. The van der Waals surface area contributed by atoms with Crippen LogP contribution < -0.4 is 5.32 Å². The first-order valence-corrected chi connectivity index (χ1v) is 7.28. The monoisotopic (exact) mass is 274 g/mol. The minimum atomic E-state index is -0.120. The predicted octanol–water partition coefficient (Wildman–Crippen LogP) is 2.06. The molecule has 2 rings (SSSR count). The smallest absolute Gasteiger partial charge is 0.251 e. The molecule has 0 spiro atoms. The molecule has 0 aliphatic carbocycles. The summed E-state index contributed by atoms with van der Waals surface area (Å²) in [6, 6.07) is 9.06. The Morgan fingerprint density at radius 1 is 1.30 bits per heavy atom. The molecule has 20 heavy (non-hydrogen) atoms. The summed E-state index contributed by atoms with van der Waals surface area (Å²) < 4.78 is 0. The number of piperidine rings is 1. The van der Waals surface area contributed by atoms with Crippen molar-refractivity contribution in [2.45, 2.75) is 26.2 Å². The van der Waals surface area contributed by atoms with Gasteiger partial charge in [0.05, 0.1) is 0 Å². The zero-order valence-electron chi connectivity index (χ0n) is 12.0. The SMILES string of the molecule is C[C@H]1CCCN(C(=O)CCNC(=O)c2ccccc2)C1. The van der Waals surface area contributed by atoms with E-state index in [0.29, 0.717) is 24.4 Å². The molecule has 1 heterocycles. The number of likely N-dealkylation sites (tertiary alicyclic amines) is 1. The van der Waals surface area contributed by atoms with Gasteiger partial charge in [0.2, 0.25) is 5.91 Å². The second-order valence-electron chi connectivity index (χ2n) is 5.46. The molecular formula is C16H22N2O2. The van der Waals surface area contributed by atoms with Crippen molar-refractivity contribution < 1.29 is 9.59 Å². The van der Waals surface area contributed by atoms with Crippen LogP contribution in [0.2, 0.25) is 0 Å². The van der Waals surface area contributed by atoms with Crippen molar-refractivity contribution in [3.8, 4) is 0 Å². The van der Waals surface area contributed by atoms with E-state index < -0.39 is 0 Å². The molecule has 1 aromatic rings. The summed E-state index contributed by atoms with van der Waals surface area (Å²) >= 11 is 0. The van der Waals surface area contributed by atoms with Crippen LogP contribution >= 0.6 is 0 Å². The molecular weight excluding hydrogens is 252 g/mol. The molecule has 0 aromatic heterocycles. The fraction of sp³-hybridized carbons (Fsp3) is 0.500. The molecule has 0 bridgehead atoms. The molecule has 4 nitrogen and oxygen atoms in total. The van der Waals surface area contributed by atoms with E-state index >= 15 is 0 Å². The number of nitrogens with one attached hydrogen (secondary N) is 1. The quantitative estimate of drug-likeness (QED) is 0.913. The van der Waals surface area contributed by atoms with Crippen LogP contribution in [-0.2, 0) is 4.79 Å². The number of hydrogen-bond donors (Lipinski definition) is 1. The number of carbonyl (C=O) groups is 2. The van der Waals surface area contributed by atoms with Gasteiger partial charge in [0.1, 0.15) is 0 Å². The van der Waals surface area contributed by atoms with Gasteiger partial charge in [-0.05, 0) is 30.9 Å². The number of amides is 2. The molecule has 1 aromatic carbocycles. The Labute approximate surface area is 120 Å². The van der Waals surface area contributed by atoms with Crippen molar-refractivity contribution in [2.75, 3.05) is 19.6 Å². The number of rotatable bonds is 4. The van der Waals surface area contributed by atoms with Gasteiger partial charge < -0.3 is 10.2 Å². The summed E-state index contributed by atoms with van der Waals surface area (Å²) in [4.78, 5) is 25.8. The lowest BCUT2D eigenvalue weighted by atomic mass is 10.00. The van der Waals surface area contributed by atoms with Crippen LogP contribution in [0, 0.1) is 5.92 Å². The molecule has 0 radical (unpaired) electrons. The highest BCUT2D eigenvalue weighted by molar-refractivity contribution is 5.94. The molecule has 4 heteroatoms. The molecule has 0 unspecified atom stereocenters. The molecule has 1 atom stereocenters. The van der Waals surface area contributed by atoms with Crippen LogP contribution in [0.15, 0.2) is 30.3 Å². The predicted molar refractivity (Wildman–Crippen MR) is 78.4 cm³/mol. The first-order chi connectivity index (χ1) is 9.66. The van der Waals surface area contributed by atoms with E-state index in [1.165, 1.54) is 6.42 Å². The normalized spacial score (nSPS) is 18.6. The van der Waals surface area contributed by atoms with Crippen molar-refractivity contribution in [3.05, 3.63) is 35.9 Å². The molecule has 1 fully saturated rings. The highest BCUT2D eigenvalue weighted by Gasteiger charge is 2.20. The minimum Gasteiger partial charge on any atom is -0.352 e. The lowest BCUT2D eigenvalue weighted by molar-refractivity contribution is -0.132. The fourth-order valence-corrected chi connectivity index (χ4v) is 2.55. The second-order valence-corrected chi connectivity index (χ2v) is 5.46. The Balaban J connectivity index is 1.73. The van der Waals surface area contributed by atoms with E-state index in [4.69, 9.17) is 0 Å². The van der Waals surface area contributed by atoms with E-state index in [1.807, 2.05) is 23.1 Å². The standard InChI is InChI=1S/C16H22N2O2/c1-13-6-5-11-18(12-13)15(19)9-10-17-16(20)14-7-3-2-4-8-14/h2-4,7-8,13H,5-6,9-12H2,1H3,(H,17,20)/t13-/m0/s1. The average molecular weight is 274 g/mol.